The Morgan fingerprint density at radius 3 is 2.33 bits per heavy atom. The predicted molar refractivity (Wildman–Crippen MR) is 58.1 cm³/mol. The van der Waals surface area contributed by atoms with Crippen molar-refractivity contribution in [3.63, 3.8) is 0 Å². The third-order valence-corrected chi connectivity index (χ3v) is 2.43. The molecule has 0 aliphatic carbocycles. The van der Waals surface area contributed by atoms with Gasteiger partial charge in [-0.25, -0.2) is 0 Å². The first-order chi connectivity index (χ1) is 7.02. The first-order valence-electron chi connectivity index (χ1n) is 5.52. The highest BCUT2D eigenvalue weighted by Gasteiger charge is 2.21. The molecular formula is C11H21NO3. The highest BCUT2D eigenvalue weighted by atomic mass is 16.5. The molecule has 0 rings (SSSR count). The lowest BCUT2D eigenvalue weighted by molar-refractivity contribution is -0.158. The second-order valence-corrected chi connectivity index (χ2v) is 3.73. The molecule has 0 saturated carbocycles. The SMILES string of the molecule is CCCC[C@H](CC)C(=O)O[C@H](C)C(N)=O. The zero-order chi connectivity index (χ0) is 11.8. The standard InChI is InChI=1S/C11H21NO3/c1-4-6-7-9(5-2)11(14)15-8(3)10(12)13/h8-9H,4-7H2,1-3H3,(H2,12,13)/t8-,9+/m1/s1. The fourth-order valence-electron chi connectivity index (χ4n) is 1.27. The number of ether oxygens (including phenoxy) is 1. The van der Waals surface area contributed by atoms with Gasteiger partial charge in [0.05, 0.1) is 5.92 Å². The second-order valence-electron chi connectivity index (χ2n) is 3.73. The van der Waals surface area contributed by atoms with Gasteiger partial charge in [0, 0.05) is 0 Å². The summed E-state index contributed by atoms with van der Waals surface area (Å²) in [5.74, 6) is -1.02. The van der Waals surface area contributed by atoms with Crippen LogP contribution in [0.5, 0.6) is 0 Å². The molecule has 0 aliphatic heterocycles. The molecule has 0 radical (unpaired) electrons. The van der Waals surface area contributed by atoms with Crippen molar-refractivity contribution in [1.82, 2.24) is 0 Å². The first-order valence-corrected chi connectivity index (χ1v) is 5.52. The van der Waals surface area contributed by atoms with Gasteiger partial charge in [0.2, 0.25) is 0 Å². The van der Waals surface area contributed by atoms with Crippen LogP contribution in [0.2, 0.25) is 0 Å². The van der Waals surface area contributed by atoms with Gasteiger partial charge in [-0.15, -0.1) is 0 Å². The third-order valence-electron chi connectivity index (χ3n) is 2.43. The lowest BCUT2D eigenvalue weighted by Crippen LogP contribution is -2.32. The Kier molecular flexibility index (Phi) is 6.75. The fourth-order valence-corrected chi connectivity index (χ4v) is 1.27. The van der Waals surface area contributed by atoms with Crippen molar-refractivity contribution in [2.45, 2.75) is 52.6 Å². The Balaban J connectivity index is 4.09. The zero-order valence-electron chi connectivity index (χ0n) is 9.79. The van der Waals surface area contributed by atoms with Gasteiger partial charge in [0.1, 0.15) is 0 Å². The molecule has 4 heteroatoms. The number of esters is 1. The third kappa shape index (κ3) is 5.40. The van der Waals surface area contributed by atoms with E-state index in [-0.39, 0.29) is 11.9 Å². The monoisotopic (exact) mass is 215 g/mol. The van der Waals surface area contributed by atoms with Crippen LogP contribution in [0.3, 0.4) is 0 Å². The summed E-state index contributed by atoms with van der Waals surface area (Å²) >= 11 is 0. The number of unbranched alkanes of at least 4 members (excludes halogenated alkanes) is 1. The molecule has 4 nitrogen and oxygen atoms in total. The van der Waals surface area contributed by atoms with Crippen molar-refractivity contribution in [2.24, 2.45) is 11.7 Å². The molecular weight excluding hydrogens is 194 g/mol. The molecule has 2 atom stereocenters. The van der Waals surface area contributed by atoms with E-state index in [9.17, 15) is 9.59 Å². The van der Waals surface area contributed by atoms with Crippen LogP contribution in [0.15, 0.2) is 0 Å². The molecule has 2 N–H and O–H groups in total. The summed E-state index contributed by atoms with van der Waals surface area (Å²) in [6.07, 6.45) is 2.78. The molecule has 88 valence electrons. The van der Waals surface area contributed by atoms with Crippen LogP contribution in [0.1, 0.15) is 46.5 Å². The van der Waals surface area contributed by atoms with Gasteiger partial charge >= 0.3 is 5.97 Å². The Hall–Kier alpha value is -1.06. The number of hydrogen-bond donors (Lipinski definition) is 1. The van der Waals surface area contributed by atoms with E-state index < -0.39 is 12.0 Å². The zero-order valence-corrected chi connectivity index (χ0v) is 9.79. The van der Waals surface area contributed by atoms with E-state index in [1.807, 2.05) is 6.92 Å². The largest absolute Gasteiger partial charge is 0.452 e. The first kappa shape index (κ1) is 13.9. The normalized spacial score (nSPS) is 14.3. The molecule has 0 spiro atoms. The fraction of sp³-hybridized carbons (Fsp3) is 0.818. The molecule has 0 aromatic rings. The predicted octanol–water partition coefficient (Wildman–Crippen LogP) is 1.62. The smallest absolute Gasteiger partial charge is 0.309 e. The topological polar surface area (TPSA) is 69.4 Å². The molecule has 0 aliphatic rings. The summed E-state index contributed by atoms with van der Waals surface area (Å²) in [7, 11) is 0. The summed E-state index contributed by atoms with van der Waals surface area (Å²) in [6, 6.07) is 0. The average molecular weight is 215 g/mol. The van der Waals surface area contributed by atoms with Crippen LogP contribution in [-0.4, -0.2) is 18.0 Å². The van der Waals surface area contributed by atoms with Crippen molar-refractivity contribution < 1.29 is 14.3 Å². The van der Waals surface area contributed by atoms with Gasteiger partial charge in [-0.2, -0.15) is 0 Å². The van der Waals surface area contributed by atoms with Gasteiger partial charge in [-0.1, -0.05) is 26.7 Å². The van der Waals surface area contributed by atoms with Crippen LogP contribution in [0.25, 0.3) is 0 Å². The van der Waals surface area contributed by atoms with Gasteiger partial charge in [-0.05, 0) is 19.8 Å². The molecule has 1 amide bonds. The molecule has 0 aromatic carbocycles. The van der Waals surface area contributed by atoms with E-state index in [0.717, 1.165) is 25.7 Å². The summed E-state index contributed by atoms with van der Waals surface area (Å²) < 4.78 is 4.95. The maximum Gasteiger partial charge on any atom is 0.309 e. The second kappa shape index (κ2) is 7.26. The Morgan fingerprint density at radius 2 is 1.93 bits per heavy atom. The highest BCUT2D eigenvalue weighted by Crippen LogP contribution is 2.15. The molecule has 0 unspecified atom stereocenters. The van der Waals surface area contributed by atoms with E-state index in [4.69, 9.17) is 10.5 Å². The summed E-state index contributed by atoms with van der Waals surface area (Å²) in [4.78, 5) is 22.3. The number of carbonyl (C=O) groups is 2. The van der Waals surface area contributed by atoms with Gasteiger partial charge in [-0.3, -0.25) is 9.59 Å². The Morgan fingerprint density at radius 1 is 1.33 bits per heavy atom. The van der Waals surface area contributed by atoms with E-state index in [1.165, 1.54) is 6.92 Å². The minimum atomic E-state index is -0.826. The van der Waals surface area contributed by atoms with Crippen molar-refractivity contribution >= 4 is 11.9 Å². The summed E-state index contributed by atoms with van der Waals surface area (Å²) in [6.45, 7) is 5.51. The van der Waals surface area contributed by atoms with Crippen molar-refractivity contribution in [2.75, 3.05) is 0 Å². The quantitative estimate of drug-likeness (QED) is 0.656. The van der Waals surface area contributed by atoms with Crippen LogP contribution >= 0.6 is 0 Å². The average Bonchev–Trinajstić information content (AvgIpc) is 2.18. The maximum atomic E-state index is 11.6. The number of nitrogens with two attached hydrogens (primary N) is 1. The molecule has 0 bridgehead atoms. The van der Waals surface area contributed by atoms with Gasteiger partial charge < -0.3 is 10.5 Å². The number of hydrogen-bond acceptors (Lipinski definition) is 3. The number of rotatable bonds is 7. The Labute approximate surface area is 91.2 Å². The number of carbonyl (C=O) groups excluding carboxylic acids is 2. The molecule has 0 fully saturated rings. The van der Waals surface area contributed by atoms with Crippen molar-refractivity contribution in [3.05, 3.63) is 0 Å². The molecule has 15 heavy (non-hydrogen) atoms. The van der Waals surface area contributed by atoms with E-state index in [2.05, 4.69) is 6.92 Å². The van der Waals surface area contributed by atoms with E-state index in [1.54, 1.807) is 0 Å². The molecule has 0 aromatic heterocycles. The lowest BCUT2D eigenvalue weighted by atomic mass is 10.00. The summed E-state index contributed by atoms with van der Waals surface area (Å²) in [5.41, 5.74) is 5.01. The van der Waals surface area contributed by atoms with Crippen LogP contribution in [0, 0.1) is 5.92 Å². The number of primary amides is 1. The highest BCUT2D eigenvalue weighted by molar-refractivity contribution is 5.82. The molecule has 0 heterocycles. The Bertz CT molecular complexity index is 216. The van der Waals surface area contributed by atoms with E-state index in [0.29, 0.717) is 0 Å². The minimum Gasteiger partial charge on any atom is -0.452 e. The van der Waals surface area contributed by atoms with Crippen LogP contribution in [0.4, 0.5) is 0 Å². The van der Waals surface area contributed by atoms with Crippen molar-refractivity contribution in [3.8, 4) is 0 Å². The van der Waals surface area contributed by atoms with E-state index >= 15 is 0 Å². The lowest BCUT2D eigenvalue weighted by Gasteiger charge is -2.16. The van der Waals surface area contributed by atoms with Crippen LogP contribution in [-0.2, 0) is 14.3 Å². The number of amides is 1. The molecule has 0 saturated heterocycles. The maximum absolute atomic E-state index is 11.6. The van der Waals surface area contributed by atoms with Crippen LogP contribution < -0.4 is 5.73 Å². The van der Waals surface area contributed by atoms with Gasteiger partial charge in [0.25, 0.3) is 5.91 Å². The van der Waals surface area contributed by atoms with Crippen molar-refractivity contribution in [1.29, 1.82) is 0 Å². The van der Waals surface area contributed by atoms with Gasteiger partial charge in [0.15, 0.2) is 6.10 Å². The summed E-state index contributed by atoms with van der Waals surface area (Å²) in [5, 5.41) is 0. The minimum absolute atomic E-state index is 0.105.